The molecule has 3 aromatic rings. The van der Waals surface area contributed by atoms with Gasteiger partial charge in [-0.1, -0.05) is 12.1 Å². The number of hydrogen-bond acceptors (Lipinski definition) is 4. The number of aromatic nitrogens is 2. The van der Waals surface area contributed by atoms with Gasteiger partial charge < -0.3 is 9.14 Å². The van der Waals surface area contributed by atoms with Gasteiger partial charge in [0.05, 0.1) is 36.6 Å². The fraction of sp³-hybridized carbons (Fsp3) is 0.318. The van der Waals surface area contributed by atoms with Crippen LogP contribution in [0.1, 0.15) is 56.3 Å². The van der Waals surface area contributed by atoms with E-state index in [1.54, 1.807) is 30.5 Å². The van der Waals surface area contributed by atoms with E-state index in [0.717, 1.165) is 18.4 Å². The van der Waals surface area contributed by atoms with E-state index in [1.165, 1.54) is 4.90 Å². The van der Waals surface area contributed by atoms with Gasteiger partial charge in [0.1, 0.15) is 5.65 Å². The number of nitrogens with zero attached hydrogens (tertiary/aromatic N) is 3. The number of pyridine rings is 1. The van der Waals surface area contributed by atoms with Gasteiger partial charge >= 0.3 is 0 Å². The highest BCUT2D eigenvalue weighted by Gasteiger charge is 2.44. The Labute approximate surface area is 165 Å². The van der Waals surface area contributed by atoms with Gasteiger partial charge in [0.25, 0.3) is 11.8 Å². The number of hydrogen-bond donors (Lipinski definition) is 0. The first kappa shape index (κ1) is 16.9. The van der Waals surface area contributed by atoms with Gasteiger partial charge in [-0.2, -0.15) is 0 Å². The molecule has 0 spiro atoms. The van der Waals surface area contributed by atoms with Crippen molar-refractivity contribution < 1.29 is 18.7 Å². The summed E-state index contributed by atoms with van der Waals surface area (Å²) in [6.45, 7) is 0.108. The van der Waals surface area contributed by atoms with Crippen LogP contribution in [0.15, 0.2) is 42.7 Å². The maximum atomic E-state index is 15.3. The number of carbonyl (C=O) groups is 2. The third-order valence-corrected chi connectivity index (χ3v) is 6.01. The number of rotatable bonds is 4. The maximum Gasteiger partial charge on any atom is 0.261 e. The summed E-state index contributed by atoms with van der Waals surface area (Å²) in [4.78, 5) is 31.1. The lowest BCUT2D eigenvalue weighted by molar-refractivity contribution is -0.134. The molecule has 146 valence electrons. The molecule has 0 N–H and O–H groups in total. The predicted molar refractivity (Wildman–Crippen MR) is 101 cm³/mol. The average molecular weight is 391 g/mol. The number of carbonyl (C=O) groups excluding carboxylic acids is 2. The molecular weight excluding hydrogens is 373 g/mol. The summed E-state index contributed by atoms with van der Waals surface area (Å²) in [6.07, 6.45) is 5.99. The van der Waals surface area contributed by atoms with E-state index in [4.69, 9.17) is 4.74 Å². The second kappa shape index (κ2) is 5.73. The molecule has 1 aromatic carbocycles. The number of imidazole rings is 1. The molecule has 6 rings (SSSR count). The van der Waals surface area contributed by atoms with Crippen molar-refractivity contribution >= 4 is 17.5 Å². The zero-order valence-electron chi connectivity index (χ0n) is 15.6. The molecule has 2 aliphatic heterocycles. The largest absolute Gasteiger partial charge is 0.374 e. The predicted octanol–water partition coefficient (Wildman–Crippen LogP) is 3.20. The van der Waals surface area contributed by atoms with Crippen molar-refractivity contribution in [2.24, 2.45) is 0 Å². The molecule has 7 heteroatoms. The lowest BCUT2D eigenvalue weighted by Crippen LogP contribution is -2.43. The van der Waals surface area contributed by atoms with Crippen molar-refractivity contribution in [1.29, 1.82) is 0 Å². The van der Waals surface area contributed by atoms with Gasteiger partial charge in [-0.3, -0.25) is 14.5 Å². The number of halogens is 1. The number of benzene rings is 1. The van der Waals surface area contributed by atoms with E-state index in [9.17, 15) is 9.59 Å². The Morgan fingerprint density at radius 3 is 2.38 bits per heavy atom. The lowest BCUT2D eigenvalue weighted by Gasteiger charge is -2.34. The van der Waals surface area contributed by atoms with E-state index in [-0.39, 0.29) is 31.6 Å². The van der Waals surface area contributed by atoms with Gasteiger partial charge in [0.2, 0.25) is 0 Å². The van der Waals surface area contributed by atoms with Crippen LogP contribution in [-0.4, -0.2) is 39.3 Å². The molecule has 4 heterocycles. The fourth-order valence-corrected chi connectivity index (χ4v) is 4.20. The van der Waals surface area contributed by atoms with Gasteiger partial charge in [-0.15, -0.1) is 0 Å². The van der Waals surface area contributed by atoms with Crippen LogP contribution >= 0.6 is 0 Å². The second-order valence-corrected chi connectivity index (χ2v) is 8.12. The summed E-state index contributed by atoms with van der Waals surface area (Å²) in [6, 6.07) is 8.71. The smallest absolute Gasteiger partial charge is 0.261 e. The quantitative estimate of drug-likeness (QED) is 0.641. The average Bonchev–Trinajstić information content (AvgIpc) is 3.43. The SMILES string of the molecule is O=C1c2ccccc2C(=O)N1Cc1cn2cc(C3CC3)cc(C3(F)COC3)c2n1. The molecule has 2 fully saturated rings. The van der Waals surface area contributed by atoms with Gasteiger partial charge in [0.15, 0.2) is 5.67 Å². The minimum atomic E-state index is -1.54. The van der Waals surface area contributed by atoms with Gasteiger partial charge in [-0.25, -0.2) is 9.37 Å². The number of amides is 2. The minimum Gasteiger partial charge on any atom is -0.374 e. The third kappa shape index (κ3) is 2.47. The molecule has 2 aromatic heterocycles. The summed E-state index contributed by atoms with van der Waals surface area (Å²) in [5.41, 5.74) is 1.98. The summed E-state index contributed by atoms with van der Waals surface area (Å²) < 4.78 is 22.2. The normalized spacial score (nSPS) is 20.2. The molecule has 0 atom stereocenters. The molecule has 6 nitrogen and oxygen atoms in total. The summed E-state index contributed by atoms with van der Waals surface area (Å²) in [5.74, 6) is -0.184. The summed E-state index contributed by atoms with van der Waals surface area (Å²) >= 11 is 0. The molecule has 0 radical (unpaired) electrons. The van der Waals surface area contributed by atoms with Crippen molar-refractivity contribution in [3.05, 3.63) is 70.7 Å². The van der Waals surface area contributed by atoms with E-state index in [2.05, 4.69) is 4.98 Å². The second-order valence-electron chi connectivity index (χ2n) is 8.12. The van der Waals surface area contributed by atoms with Crippen molar-refractivity contribution in [2.45, 2.75) is 31.0 Å². The molecule has 2 amide bonds. The highest BCUT2D eigenvalue weighted by atomic mass is 19.1. The zero-order chi connectivity index (χ0) is 19.8. The van der Waals surface area contributed by atoms with Crippen molar-refractivity contribution in [3.8, 4) is 0 Å². The molecule has 1 aliphatic carbocycles. The van der Waals surface area contributed by atoms with Crippen LogP contribution in [-0.2, 0) is 17.0 Å². The Kier molecular flexibility index (Phi) is 3.33. The Morgan fingerprint density at radius 1 is 1.10 bits per heavy atom. The molecule has 1 saturated heterocycles. The Bertz CT molecular complexity index is 1160. The first-order valence-corrected chi connectivity index (χ1v) is 9.77. The highest BCUT2D eigenvalue weighted by molar-refractivity contribution is 6.21. The summed E-state index contributed by atoms with van der Waals surface area (Å²) in [5, 5.41) is 0. The molecular formula is C22H18FN3O3. The van der Waals surface area contributed by atoms with E-state index < -0.39 is 5.67 Å². The molecule has 0 unspecified atom stereocenters. The Hall–Kier alpha value is -3.06. The van der Waals surface area contributed by atoms with Crippen LogP contribution in [0.2, 0.25) is 0 Å². The summed E-state index contributed by atoms with van der Waals surface area (Å²) in [7, 11) is 0. The van der Waals surface area contributed by atoms with Crippen LogP contribution in [0.4, 0.5) is 4.39 Å². The van der Waals surface area contributed by atoms with Crippen molar-refractivity contribution in [3.63, 3.8) is 0 Å². The fourth-order valence-electron chi connectivity index (χ4n) is 4.20. The standard InChI is InChI=1S/C22H18FN3O3/c23-22(11-29-12-22)18-7-14(13-5-6-13)8-25-9-15(24-19(18)25)10-26-20(27)16-3-1-2-4-17(16)21(26)28/h1-4,7-9,13H,5-6,10-12H2. The van der Waals surface area contributed by atoms with E-state index in [1.807, 2.05) is 16.7 Å². The Morgan fingerprint density at radius 2 is 1.79 bits per heavy atom. The number of alkyl halides is 1. The van der Waals surface area contributed by atoms with Crippen LogP contribution in [0, 0.1) is 0 Å². The van der Waals surface area contributed by atoms with Crippen LogP contribution in [0.5, 0.6) is 0 Å². The maximum absolute atomic E-state index is 15.3. The minimum absolute atomic E-state index is 0.0252. The molecule has 1 saturated carbocycles. The number of ether oxygens (including phenoxy) is 1. The van der Waals surface area contributed by atoms with E-state index >= 15 is 4.39 Å². The van der Waals surface area contributed by atoms with Crippen LogP contribution in [0.3, 0.4) is 0 Å². The van der Waals surface area contributed by atoms with Crippen molar-refractivity contribution in [1.82, 2.24) is 14.3 Å². The molecule has 29 heavy (non-hydrogen) atoms. The van der Waals surface area contributed by atoms with E-state index in [0.29, 0.717) is 33.9 Å². The van der Waals surface area contributed by atoms with Crippen molar-refractivity contribution in [2.75, 3.05) is 13.2 Å². The first-order valence-electron chi connectivity index (χ1n) is 9.77. The van der Waals surface area contributed by atoms with Crippen LogP contribution in [0.25, 0.3) is 5.65 Å². The highest BCUT2D eigenvalue weighted by Crippen LogP contribution is 2.43. The first-order chi connectivity index (χ1) is 14.0. The van der Waals surface area contributed by atoms with Crippen LogP contribution < -0.4 is 0 Å². The van der Waals surface area contributed by atoms with Gasteiger partial charge in [-0.05, 0) is 42.5 Å². The zero-order valence-corrected chi connectivity index (χ0v) is 15.6. The lowest BCUT2D eigenvalue weighted by atomic mass is 9.93. The Balaban J connectivity index is 1.40. The molecule has 3 aliphatic rings. The van der Waals surface area contributed by atoms with Gasteiger partial charge in [0, 0.05) is 18.0 Å². The number of fused-ring (bicyclic) bond motifs is 2. The topological polar surface area (TPSA) is 63.9 Å². The number of imide groups is 1. The third-order valence-electron chi connectivity index (χ3n) is 6.01. The monoisotopic (exact) mass is 391 g/mol. The molecule has 0 bridgehead atoms.